The van der Waals surface area contributed by atoms with Gasteiger partial charge in [-0.2, -0.15) is 0 Å². The minimum absolute atomic E-state index is 0.0170. The van der Waals surface area contributed by atoms with Gasteiger partial charge in [-0.15, -0.1) is 6.58 Å². The van der Waals surface area contributed by atoms with Gasteiger partial charge in [0.25, 0.3) is 0 Å². The molecule has 1 aliphatic heterocycles. The molecular weight excluding hydrogens is 340 g/mol. The van der Waals surface area contributed by atoms with Gasteiger partial charge in [-0.25, -0.2) is 0 Å². The predicted molar refractivity (Wildman–Crippen MR) is 102 cm³/mol. The second-order valence-corrected chi connectivity index (χ2v) is 10.6. The van der Waals surface area contributed by atoms with E-state index in [4.69, 9.17) is 9.47 Å². The SMILES string of the molecule is C=C[C@@]1(O)CC[C@@H]2[C@@H]3C[C@H]4O[C@]45C[C@H](OC(C)=O)CC[C@]5(C)[C@@H]3CC[C@]21C. The Balaban J connectivity index is 1.44. The molecular formula is C23H34O4. The van der Waals surface area contributed by atoms with Crippen LogP contribution in [0.5, 0.6) is 0 Å². The van der Waals surface area contributed by atoms with Gasteiger partial charge in [-0.1, -0.05) is 19.9 Å². The standard InChI is InChI=1S/C23H34O4/c1-5-22(25)11-8-17-16-12-19-23(27-19)13-15(26-14(2)24)6-9-21(23,4)18(16)7-10-20(17,22)3/h5,15-19,25H,1,6-13H2,2-4H3/t15-,16+,17-,18-,19-,20-,21-,22-,23-/m1/s1. The molecule has 0 aromatic rings. The number of hydrogen-bond donors (Lipinski definition) is 1. The molecule has 5 fully saturated rings. The summed E-state index contributed by atoms with van der Waals surface area (Å²) >= 11 is 0. The minimum Gasteiger partial charge on any atom is -0.462 e. The maximum Gasteiger partial charge on any atom is 0.302 e. The highest BCUT2D eigenvalue weighted by molar-refractivity contribution is 5.66. The molecule has 5 rings (SSSR count). The summed E-state index contributed by atoms with van der Waals surface area (Å²) in [6.45, 7) is 10.2. The molecule has 1 heterocycles. The zero-order valence-corrected chi connectivity index (χ0v) is 17.0. The molecule has 4 saturated carbocycles. The zero-order valence-electron chi connectivity index (χ0n) is 17.0. The van der Waals surface area contributed by atoms with Crippen LogP contribution in [0.25, 0.3) is 0 Å². The van der Waals surface area contributed by atoms with E-state index in [1.165, 1.54) is 13.3 Å². The van der Waals surface area contributed by atoms with Crippen molar-refractivity contribution in [2.24, 2.45) is 28.6 Å². The lowest BCUT2D eigenvalue weighted by molar-refractivity contribution is -0.160. The minimum atomic E-state index is -0.713. The van der Waals surface area contributed by atoms with Crippen molar-refractivity contribution in [2.75, 3.05) is 0 Å². The van der Waals surface area contributed by atoms with Crippen molar-refractivity contribution >= 4 is 5.97 Å². The molecule has 1 spiro atoms. The molecule has 0 amide bonds. The van der Waals surface area contributed by atoms with Gasteiger partial charge in [0, 0.05) is 24.2 Å². The first kappa shape index (κ1) is 18.2. The van der Waals surface area contributed by atoms with Crippen molar-refractivity contribution in [3.63, 3.8) is 0 Å². The van der Waals surface area contributed by atoms with E-state index in [-0.39, 0.29) is 28.5 Å². The maximum absolute atomic E-state index is 11.5. The van der Waals surface area contributed by atoms with Crippen LogP contribution in [0, 0.1) is 28.6 Å². The molecule has 150 valence electrons. The van der Waals surface area contributed by atoms with Gasteiger partial charge in [0.1, 0.15) is 11.7 Å². The van der Waals surface area contributed by atoms with Crippen LogP contribution in [-0.4, -0.2) is 34.5 Å². The van der Waals surface area contributed by atoms with E-state index in [2.05, 4.69) is 20.4 Å². The first-order chi connectivity index (χ1) is 12.7. The van der Waals surface area contributed by atoms with Crippen molar-refractivity contribution in [1.29, 1.82) is 0 Å². The van der Waals surface area contributed by atoms with Crippen LogP contribution in [0.2, 0.25) is 0 Å². The van der Waals surface area contributed by atoms with Crippen LogP contribution in [0.1, 0.15) is 72.1 Å². The van der Waals surface area contributed by atoms with Crippen LogP contribution in [-0.2, 0) is 14.3 Å². The number of carbonyl (C=O) groups excluding carboxylic acids is 1. The quantitative estimate of drug-likeness (QED) is 0.451. The van der Waals surface area contributed by atoms with Gasteiger partial charge < -0.3 is 14.6 Å². The molecule has 5 aliphatic rings. The summed E-state index contributed by atoms with van der Waals surface area (Å²) in [6.07, 6.45) is 10.4. The number of aliphatic hydroxyl groups is 1. The number of rotatable bonds is 2. The predicted octanol–water partition coefficient (Wildman–Crippen LogP) is 4.01. The molecule has 0 bridgehead atoms. The van der Waals surface area contributed by atoms with Crippen molar-refractivity contribution in [1.82, 2.24) is 0 Å². The lowest BCUT2D eigenvalue weighted by atomic mass is 9.44. The largest absolute Gasteiger partial charge is 0.462 e. The van der Waals surface area contributed by atoms with Crippen molar-refractivity contribution < 1.29 is 19.4 Å². The highest BCUT2D eigenvalue weighted by Crippen LogP contribution is 2.74. The Kier molecular flexibility index (Phi) is 3.62. The summed E-state index contributed by atoms with van der Waals surface area (Å²) in [7, 11) is 0. The molecule has 0 aromatic heterocycles. The Morgan fingerprint density at radius 3 is 2.52 bits per heavy atom. The number of ether oxygens (including phenoxy) is 2. The lowest BCUT2D eigenvalue weighted by Crippen LogP contribution is -2.60. The molecule has 1 N–H and O–H groups in total. The average molecular weight is 375 g/mol. The van der Waals surface area contributed by atoms with E-state index in [1.807, 2.05) is 6.08 Å². The van der Waals surface area contributed by atoms with E-state index in [0.717, 1.165) is 44.9 Å². The highest BCUT2D eigenvalue weighted by Gasteiger charge is 2.77. The van der Waals surface area contributed by atoms with Crippen LogP contribution < -0.4 is 0 Å². The van der Waals surface area contributed by atoms with Crippen molar-refractivity contribution in [3.05, 3.63) is 12.7 Å². The molecule has 4 nitrogen and oxygen atoms in total. The van der Waals surface area contributed by atoms with E-state index in [1.54, 1.807) is 0 Å². The first-order valence-corrected chi connectivity index (χ1v) is 10.9. The normalized spacial score (nSPS) is 58.3. The lowest BCUT2D eigenvalue weighted by Gasteiger charge is -2.60. The molecule has 4 heteroatoms. The summed E-state index contributed by atoms with van der Waals surface area (Å²) in [4.78, 5) is 11.5. The Bertz CT molecular complexity index is 690. The molecule has 4 aliphatic carbocycles. The van der Waals surface area contributed by atoms with Gasteiger partial charge in [-0.3, -0.25) is 4.79 Å². The maximum atomic E-state index is 11.5. The third-order valence-corrected chi connectivity index (χ3v) is 9.93. The Morgan fingerprint density at radius 2 is 1.81 bits per heavy atom. The smallest absolute Gasteiger partial charge is 0.302 e. The Labute approximate surface area is 162 Å². The third-order valence-electron chi connectivity index (χ3n) is 9.93. The van der Waals surface area contributed by atoms with E-state index < -0.39 is 5.60 Å². The van der Waals surface area contributed by atoms with Gasteiger partial charge in [0.15, 0.2) is 0 Å². The van der Waals surface area contributed by atoms with Crippen LogP contribution in [0.4, 0.5) is 0 Å². The van der Waals surface area contributed by atoms with E-state index in [9.17, 15) is 9.90 Å². The number of fused-ring (bicyclic) bond motifs is 4. The monoisotopic (exact) mass is 374 g/mol. The fraction of sp³-hybridized carbons (Fsp3) is 0.870. The Morgan fingerprint density at radius 1 is 1.15 bits per heavy atom. The summed E-state index contributed by atoms with van der Waals surface area (Å²) in [5, 5.41) is 11.2. The summed E-state index contributed by atoms with van der Waals surface area (Å²) in [6, 6.07) is 0. The molecule has 1 saturated heterocycles. The van der Waals surface area contributed by atoms with Gasteiger partial charge >= 0.3 is 5.97 Å². The molecule has 0 radical (unpaired) electrons. The van der Waals surface area contributed by atoms with Crippen LogP contribution >= 0.6 is 0 Å². The highest BCUT2D eigenvalue weighted by atomic mass is 16.6. The number of hydrogen-bond acceptors (Lipinski definition) is 4. The molecule has 0 unspecified atom stereocenters. The molecule has 0 aromatic carbocycles. The van der Waals surface area contributed by atoms with Crippen LogP contribution in [0.3, 0.4) is 0 Å². The van der Waals surface area contributed by atoms with E-state index >= 15 is 0 Å². The second kappa shape index (κ2) is 5.38. The van der Waals surface area contributed by atoms with Crippen molar-refractivity contribution in [3.8, 4) is 0 Å². The van der Waals surface area contributed by atoms with Crippen LogP contribution in [0.15, 0.2) is 12.7 Å². The molecule has 9 atom stereocenters. The fourth-order valence-corrected chi connectivity index (χ4v) is 8.36. The summed E-state index contributed by atoms with van der Waals surface area (Å²) in [5.74, 6) is 1.67. The average Bonchev–Trinajstić information content (AvgIpc) is 3.24. The van der Waals surface area contributed by atoms with E-state index in [0.29, 0.717) is 23.9 Å². The van der Waals surface area contributed by atoms with Gasteiger partial charge in [0.05, 0.1) is 11.7 Å². The van der Waals surface area contributed by atoms with Gasteiger partial charge in [-0.05, 0) is 62.7 Å². The van der Waals surface area contributed by atoms with Gasteiger partial charge in [0.2, 0.25) is 0 Å². The zero-order chi connectivity index (χ0) is 19.2. The summed E-state index contributed by atoms with van der Waals surface area (Å²) in [5.41, 5.74) is -0.660. The Hall–Kier alpha value is -0.870. The topological polar surface area (TPSA) is 59.1 Å². The number of esters is 1. The molecule has 27 heavy (non-hydrogen) atoms. The first-order valence-electron chi connectivity index (χ1n) is 10.9. The second-order valence-electron chi connectivity index (χ2n) is 10.6. The third kappa shape index (κ3) is 2.09. The number of carbonyl (C=O) groups is 1. The fourth-order valence-electron chi connectivity index (χ4n) is 8.36. The number of epoxide rings is 1. The summed E-state index contributed by atoms with van der Waals surface area (Å²) < 4.78 is 12.0. The van der Waals surface area contributed by atoms with Crippen molar-refractivity contribution in [2.45, 2.75) is 95.5 Å².